The summed E-state index contributed by atoms with van der Waals surface area (Å²) in [5.74, 6) is 2.70. The summed E-state index contributed by atoms with van der Waals surface area (Å²) in [7, 11) is 0. The molecule has 0 unspecified atom stereocenters. The van der Waals surface area contributed by atoms with Crippen LogP contribution in [0.3, 0.4) is 0 Å². The first-order chi connectivity index (χ1) is 23.6. The van der Waals surface area contributed by atoms with E-state index < -0.39 is 0 Å². The molecule has 0 spiro atoms. The summed E-state index contributed by atoms with van der Waals surface area (Å²) in [6.45, 7) is 35.7. The molecule has 0 aromatic heterocycles. The Labute approximate surface area is 321 Å². The van der Waals surface area contributed by atoms with E-state index in [1.807, 2.05) is 6.07 Å². The monoisotopic (exact) mass is 712 g/mol. The lowest BCUT2D eigenvalue weighted by Crippen LogP contribution is -2.18. The van der Waals surface area contributed by atoms with E-state index in [0.717, 1.165) is 25.3 Å². The molecule has 0 aliphatic heterocycles. The molecule has 0 radical (unpaired) electrons. The maximum absolute atomic E-state index is 5.77. The summed E-state index contributed by atoms with van der Waals surface area (Å²) in [5.41, 5.74) is 7.31. The lowest BCUT2D eigenvalue weighted by molar-refractivity contribution is -0.0149. The molecule has 52 heavy (non-hydrogen) atoms. The van der Waals surface area contributed by atoms with Crippen LogP contribution in [-0.2, 0) is 11.3 Å². The van der Waals surface area contributed by atoms with Crippen LogP contribution in [0.4, 0.5) is 5.69 Å². The molecule has 0 atom stereocenters. The maximum atomic E-state index is 5.77. The van der Waals surface area contributed by atoms with Gasteiger partial charge in [0.2, 0.25) is 0 Å². The summed E-state index contributed by atoms with van der Waals surface area (Å²) in [5, 5.41) is 6.29. The fourth-order valence-electron chi connectivity index (χ4n) is 5.17. The molecule has 0 saturated carbocycles. The van der Waals surface area contributed by atoms with Crippen LogP contribution in [-0.4, -0.2) is 18.8 Å². The van der Waals surface area contributed by atoms with Crippen molar-refractivity contribution in [3.05, 3.63) is 107 Å². The van der Waals surface area contributed by atoms with Crippen molar-refractivity contribution in [3.8, 4) is 5.75 Å². The minimum Gasteiger partial charge on any atom is -0.494 e. The molecule has 0 fully saturated rings. The topological polar surface area (TPSA) is 30.5 Å². The minimum absolute atomic E-state index is 0. The SMILES string of the molecule is C.CC(C)c1cc(NCCC(C)(C)C)c2ccccc2c1.CC(C)c1cccc(COC(C)(C)C)c1.CC(C)c1cccc(OCCC(C)(C)C)c1. The van der Waals surface area contributed by atoms with E-state index in [2.05, 4.69) is 188 Å². The van der Waals surface area contributed by atoms with Crippen LogP contribution < -0.4 is 10.1 Å². The number of ether oxygens (including phenoxy) is 2. The Hall–Kier alpha value is -3.30. The third-order valence-corrected chi connectivity index (χ3v) is 8.68. The Kier molecular flexibility index (Phi) is 19.2. The van der Waals surface area contributed by atoms with Gasteiger partial charge >= 0.3 is 0 Å². The van der Waals surface area contributed by atoms with Gasteiger partial charge < -0.3 is 14.8 Å². The number of fused-ring (bicyclic) bond motifs is 1. The number of anilines is 1. The van der Waals surface area contributed by atoms with Crippen LogP contribution in [0.25, 0.3) is 10.8 Å². The molecule has 0 saturated heterocycles. The summed E-state index contributed by atoms with van der Waals surface area (Å²) in [6.07, 6.45) is 2.26. The number of rotatable bonds is 11. The molecule has 0 heterocycles. The average molecular weight is 712 g/mol. The zero-order valence-electron chi connectivity index (χ0n) is 35.2. The van der Waals surface area contributed by atoms with Gasteiger partial charge in [0.05, 0.1) is 18.8 Å². The maximum Gasteiger partial charge on any atom is 0.119 e. The highest BCUT2D eigenvalue weighted by Crippen LogP contribution is 2.30. The molecule has 4 aromatic rings. The van der Waals surface area contributed by atoms with Gasteiger partial charge in [0.25, 0.3) is 0 Å². The van der Waals surface area contributed by atoms with Crippen LogP contribution in [0, 0.1) is 10.8 Å². The van der Waals surface area contributed by atoms with Crippen molar-refractivity contribution in [1.82, 2.24) is 0 Å². The Morgan fingerprint density at radius 2 is 1.13 bits per heavy atom. The van der Waals surface area contributed by atoms with Crippen molar-refractivity contribution >= 4 is 16.5 Å². The first kappa shape index (κ1) is 46.7. The van der Waals surface area contributed by atoms with Crippen molar-refractivity contribution in [3.63, 3.8) is 0 Å². The highest BCUT2D eigenvalue weighted by molar-refractivity contribution is 5.94. The predicted molar refractivity (Wildman–Crippen MR) is 233 cm³/mol. The third-order valence-electron chi connectivity index (χ3n) is 8.68. The number of hydrogen-bond donors (Lipinski definition) is 1. The van der Waals surface area contributed by atoms with Crippen molar-refractivity contribution in [2.45, 2.75) is 154 Å². The van der Waals surface area contributed by atoms with E-state index in [9.17, 15) is 0 Å². The Balaban J connectivity index is 0.000000392. The summed E-state index contributed by atoms with van der Waals surface area (Å²) in [4.78, 5) is 0. The van der Waals surface area contributed by atoms with Crippen LogP contribution in [0.2, 0.25) is 0 Å². The average Bonchev–Trinajstić information content (AvgIpc) is 3.03. The lowest BCUT2D eigenvalue weighted by atomic mass is 9.92. The van der Waals surface area contributed by atoms with Gasteiger partial charge in [-0.3, -0.25) is 0 Å². The molecule has 4 rings (SSSR count). The molecule has 0 aliphatic carbocycles. The van der Waals surface area contributed by atoms with E-state index >= 15 is 0 Å². The fourth-order valence-corrected chi connectivity index (χ4v) is 5.17. The second kappa shape index (κ2) is 21.4. The Bertz CT molecular complexity index is 1580. The number of benzene rings is 4. The third kappa shape index (κ3) is 19.0. The normalized spacial score (nSPS) is 11.8. The lowest BCUT2D eigenvalue weighted by Gasteiger charge is -2.20. The second-order valence-electron chi connectivity index (χ2n) is 18.4. The van der Waals surface area contributed by atoms with Gasteiger partial charge in [0.1, 0.15) is 5.75 Å². The predicted octanol–water partition coefficient (Wildman–Crippen LogP) is 15.2. The highest BCUT2D eigenvalue weighted by Gasteiger charge is 2.13. The molecule has 3 nitrogen and oxygen atoms in total. The van der Waals surface area contributed by atoms with Crippen molar-refractivity contribution in [1.29, 1.82) is 0 Å². The summed E-state index contributed by atoms with van der Waals surface area (Å²) in [6, 6.07) is 30.3. The molecule has 3 heteroatoms. The highest BCUT2D eigenvalue weighted by atomic mass is 16.5. The Morgan fingerprint density at radius 3 is 1.69 bits per heavy atom. The fraction of sp³-hybridized carbons (Fsp3) is 0.551. The largest absolute Gasteiger partial charge is 0.494 e. The van der Waals surface area contributed by atoms with E-state index in [-0.39, 0.29) is 13.0 Å². The van der Waals surface area contributed by atoms with Crippen LogP contribution in [0.5, 0.6) is 5.75 Å². The van der Waals surface area contributed by atoms with Crippen molar-refractivity contribution < 1.29 is 9.47 Å². The molecule has 0 bridgehead atoms. The molecular formula is C49H77NO2. The van der Waals surface area contributed by atoms with Gasteiger partial charge in [-0.2, -0.15) is 0 Å². The standard InChI is InChI=1S/C19H27N.C15H24O.C14H22O.CH4/c1-14(2)16-12-15-8-6-7-9-17(15)18(13-16)20-11-10-19(3,4)5;1-12(2)13-7-6-8-14(11-13)16-10-9-15(3,4)5;1-11(2)13-8-6-7-12(9-13)10-15-14(3,4)5;/h6-9,12-14,20H,10-11H2,1-5H3;6-8,11-12H,9-10H2,1-5H3;6-9,11H,10H2,1-5H3;1H4. The first-order valence-electron chi connectivity index (χ1n) is 19.4. The first-order valence-corrected chi connectivity index (χ1v) is 19.4. The van der Waals surface area contributed by atoms with Gasteiger partial charge in [0, 0.05) is 17.6 Å². The zero-order chi connectivity index (χ0) is 38.4. The Morgan fingerprint density at radius 1 is 0.577 bits per heavy atom. The summed E-state index contributed by atoms with van der Waals surface area (Å²) < 4.78 is 11.5. The molecule has 1 N–H and O–H groups in total. The minimum atomic E-state index is -0.0617. The van der Waals surface area contributed by atoms with Gasteiger partial charge in [-0.1, -0.05) is 157 Å². The van der Waals surface area contributed by atoms with Crippen LogP contribution in [0.1, 0.15) is 164 Å². The van der Waals surface area contributed by atoms with Gasteiger partial charge in [-0.05, 0) is 108 Å². The van der Waals surface area contributed by atoms with E-state index in [1.165, 1.54) is 45.1 Å². The molecular weight excluding hydrogens is 635 g/mol. The summed E-state index contributed by atoms with van der Waals surface area (Å²) >= 11 is 0. The smallest absolute Gasteiger partial charge is 0.119 e. The van der Waals surface area contributed by atoms with Gasteiger partial charge in [-0.25, -0.2) is 0 Å². The van der Waals surface area contributed by atoms with Gasteiger partial charge in [-0.15, -0.1) is 0 Å². The molecule has 0 amide bonds. The zero-order valence-corrected chi connectivity index (χ0v) is 35.2. The molecule has 290 valence electrons. The van der Waals surface area contributed by atoms with Gasteiger partial charge in [0.15, 0.2) is 0 Å². The van der Waals surface area contributed by atoms with E-state index in [1.54, 1.807) is 0 Å². The molecule has 4 aromatic carbocycles. The second-order valence-corrected chi connectivity index (χ2v) is 18.4. The van der Waals surface area contributed by atoms with Crippen LogP contribution in [0.15, 0.2) is 84.9 Å². The molecule has 0 aliphatic rings. The number of nitrogens with one attached hydrogen (secondary N) is 1. The number of hydrogen-bond acceptors (Lipinski definition) is 3. The van der Waals surface area contributed by atoms with E-state index in [4.69, 9.17) is 9.47 Å². The van der Waals surface area contributed by atoms with Crippen LogP contribution >= 0.6 is 0 Å². The van der Waals surface area contributed by atoms with Crippen molar-refractivity contribution in [2.24, 2.45) is 10.8 Å². The van der Waals surface area contributed by atoms with Crippen molar-refractivity contribution in [2.75, 3.05) is 18.5 Å². The van der Waals surface area contributed by atoms with E-state index in [0.29, 0.717) is 35.2 Å². The quantitative estimate of drug-likeness (QED) is 0.168.